The van der Waals surface area contributed by atoms with Gasteiger partial charge in [-0.15, -0.1) is 0 Å². The van der Waals surface area contributed by atoms with E-state index in [2.05, 4.69) is 22.2 Å². The molecule has 0 aliphatic carbocycles. The second-order valence-corrected chi connectivity index (χ2v) is 5.43. The van der Waals surface area contributed by atoms with Gasteiger partial charge in [0.2, 0.25) is 5.95 Å². The third-order valence-electron chi connectivity index (χ3n) is 3.35. The Labute approximate surface area is 135 Å². The summed E-state index contributed by atoms with van der Waals surface area (Å²) in [6, 6.07) is 7.38. The summed E-state index contributed by atoms with van der Waals surface area (Å²) >= 11 is 0. The molecule has 23 heavy (non-hydrogen) atoms. The monoisotopic (exact) mass is 316 g/mol. The zero-order valence-electron chi connectivity index (χ0n) is 13.6. The molecule has 1 amide bonds. The molecule has 2 aromatic rings. The van der Waals surface area contributed by atoms with Gasteiger partial charge >= 0.3 is 0 Å². The van der Waals surface area contributed by atoms with Gasteiger partial charge < -0.3 is 10.2 Å². The Bertz CT molecular complexity index is 690. The molecular weight excluding hydrogens is 295 g/mol. The molecule has 122 valence electrons. The Morgan fingerprint density at radius 3 is 2.78 bits per heavy atom. The number of benzene rings is 1. The van der Waals surface area contributed by atoms with Crippen LogP contribution in [0.2, 0.25) is 0 Å². The number of halogens is 1. The number of carbonyl (C=O) groups is 1. The maximum absolute atomic E-state index is 13.2. The van der Waals surface area contributed by atoms with Crippen LogP contribution in [0.5, 0.6) is 0 Å². The van der Waals surface area contributed by atoms with Crippen molar-refractivity contribution >= 4 is 17.5 Å². The molecular formula is C17H21FN4O. The van der Waals surface area contributed by atoms with E-state index in [9.17, 15) is 9.18 Å². The van der Waals surface area contributed by atoms with Gasteiger partial charge in [-0.1, -0.05) is 19.4 Å². The molecule has 0 saturated carbocycles. The maximum atomic E-state index is 13.2. The maximum Gasteiger partial charge on any atom is 0.274 e. The van der Waals surface area contributed by atoms with Crippen LogP contribution < -0.4 is 10.2 Å². The van der Waals surface area contributed by atoms with Crippen molar-refractivity contribution in [3.05, 3.63) is 47.5 Å². The van der Waals surface area contributed by atoms with Crippen LogP contribution in [0.15, 0.2) is 30.3 Å². The molecule has 1 aromatic carbocycles. The van der Waals surface area contributed by atoms with Crippen LogP contribution in [-0.4, -0.2) is 29.5 Å². The quantitative estimate of drug-likeness (QED) is 0.887. The van der Waals surface area contributed by atoms with Crippen LogP contribution in [0.4, 0.5) is 16.0 Å². The summed E-state index contributed by atoms with van der Waals surface area (Å²) in [5.74, 6) is -0.268. The Morgan fingerprint density at radius 2 is 2.09 bits per heavy atom. The van der Waals surface area contributed by atoms with Crippen molar-refractivity contribution in [1.82, 2.24) is 9.97 Å². The second-order valence-electron chi connectivity index (χ2n) is 5.43. The first kappa shape index (κ1) is 16.9. The first-order chi connectivity index (χ1) is 11.0. The molecule has 0 aliphatic rings. The fraction of sp³-hybridized carbons (Fsp3) is 0.353. The molecule has 6 heteroatoms. The van der Waals surface area contributed by atoms with Crippen molar-refractivity contribution in [3.63, 3.8) is 0 Å². The molecule has 1 heterocycles. The Morgan fingerprint density at radius 1 is 1.30 bits per heavy atom. The lowest BCUT2D eigenvalue weighted by atomic mass is 10.2. The molecule has 0 fully saturated rings. The fourth-order valence-electron chi connectivity index (χ4n) is 2.10. The van der Waals surface area contributed by atoms with E-state index in [0.29, 0.717) is 17.3 Å². The van der Waals surface area contributed by atoms with E-state index in [1.165, 1.54) is 12.1 Å². The highest BCUT2D eigenvalue weighted by molar-refractivity contribution is 6.03. The Hall–Kier alpha value is -2.50. The number of rotatable bonds is 6. The van der Waals surface area contributed by atoms with Crippen LogP contribution in [-0.2, 0) is 0 Å². The average molecular weight is 316 g/mol. The van der Waals surface area contributed by atoms with Crippen molar-refractivity contribution in [2.75, 3.05) is 23.8 Å². The second kappa shape index (κ2) is 7.67. The molecule has 0 atom stereocenters. The summed E-state index contributed by atoms with van der Waals surface area (Å²) in [6.07, 6.45) is 2.10. The first-order valence-corrected chi connectivity index (χ1v) is 7.63. The number of nitrogens with zero attached hydrogens (tertiary/aromatic N) is 3. The molecule has 0 radical (unpaired) electrons. The van der Waals surface area contributed by atoms with Gasteiger partial charge in [-0.05, 0) is 37.6 Å². The van der Waals surface area contributed by atoms with E-state index < -0.39 is 5.82 Å². The SMILES string of the molecule is CCCCN(C)c1nc(C)cc(C(=O)Nc2cccc(F)c2)n1. The van der Waals surface area contributed by atoms with Gasteiger partial charge in [-0.3, -0.25) is 4.79 Å². The lowest BCUT2D eigenvalue weighted by molar-refractivity contribution is 0.102. The third-order valence-corrected chi connectivity index (χ3v) is 3.35. The van der Waals surface area contributed by atoms with Gasteiger partial charge in [0.25, 0.3) is 5.91 Å². The number of aromatic nitrogens is 2. The zero-order chi connectivity index (χ0) is 16.8. The number of unbranched alkanes of at least 4 members (excludes halogenated alkanes) is 1. The summed E-state index contributed by atoms with van der Waals surface area (Å²) in [5.41, 5.74) is 1.37. The number of amides is 1. The van der Waals surface area contributed by atoms with E-state index in [1.54, 1.807) is 18.2 Å². The summed E-state index contributed by atoms with van der Waals surface area (Å²) in [5, 5.41) is 2.65. The van der Waals surface area contributed by atoms with Crippen LogP contribution in [0.1, 0.15) is 35.9 Å². The summed E-state index contributed by atoms with van der Waals surface area (Å²) in [7, 11) is 1.90. The lowest BCUT2D eigenvalue weighted by Gasteiger charge is -2.17. The smallest absolute Gasteiger partial charge is 0.274 e. The molecule has 1 aromatic heterocycles. The molecule has 5 nitrogen and oxygen atoms in total. The minimum atomic E-state index is -0.401. The molecule has 2 rings (SSSR count). The van der Waals surface area contributed by atoms with Gasteiger partial charge in [-0.25, -0.2) is 14.4 Å². The van der Waals surface area contributed by atoms with Crippen LogP contribution in [0.25, 0.3) is 0 Å². The topological polar surface area (TPSA) is 58.1 Å². The fourth-order valence-corrected chi connectivity index (χ4v) is 2.10. The molecule has 0 bridgehead atoms. The van der Waals surface area contributed by atoms with Gasteiger partial charge in [0, 0.05) is 25.0 Å². The summed E-state index contributed by atoms with van der Waals surface area (Å²) in [4.78, 5) is 22.9. The summed E-state index contributed by atoms with van der Waals surface area (Å²) in [6.45, 7) is 4.76. The van der Waals surface area contributed by atoms with Gasteiger partial charge in [-0.2, -0.15) is 0 Å². The largest absolute Gasteiger partial charge is 0.344 e. The molecule has 0 spiro atoms. The van der Waals surface area contributed by atoms with E-state index >= 15 is 0 Å². The summed E-state index contributed by atoms with van der Waals surface area (Å²) < 4.78 is 13.2. The number of nitrogens with one attached hydrogen (secondary N) is 1. The standard InChI is InChI=1S/C17H21FN4O/c1-4-5-9-22(3)17-19-12(2)10-15(21-17)16(23)20-14-8-6-7-13(18)11-14/h6-8,10-11H,4-5,9H2,1-3H3,(H,20,23). The minimum absolute atomic E-state index is 0.264. The highest BCUT2D eigenvalue weighted by Gasteiger charge is 2.13. The number of anilines is 2. The van der Waals surface area contributed by atoms with Crippen molar-refractivity contribution < 1.29 is 9.18 Å². The Balaban J connectivity index is 2.18. The van der Waals surface area contributed by atoms with E-state index in [4.69, 9.17) is 0 Å². The van der Waals surface area contributed by atoms with Crippen molar-refractivity contribution in [3.8, 4) is 0 Å². The van der Waals surface area contributed by atoms with Crippen molar-refractivity contribution in [1.29, 1.82) is 0 Å². The molecule has 1 N–H and O–H groups in total. The Kier molecular flexibility index (Phi) is 5.62. The van der Waals surface area contributed by atoms with Crippen LogP contribution >= 0.6 is 0 Å². The number of hydrogen-bond acceptors (Lipinski definition) is 4. The number of hydrogen-bond donors (Lipinski definition) is 1. The van der Waals surface area contributed by atoms with E-state index in [1.807, 2.05) is 18.9 Å². The molecule has 0 aliphatic heterocycles. The van der Waals surface area contributed by atoms with Crippen molar-refractivity contribution in [2.45, 2.75) is 26.7 Å². The number of aryl methyl sites for hydroxylation is 1. The lowest BCUT2D eigenvalue weighted by Crippen LogP contribution is -2.23. The van der Waals surface area contributed by atoms with Gasteiger partial charge in [0.15, 0.2) is 0 Å². The minimum Gasteiger partial charge on any atom is -0.344 e. The number of carbonyl (C=O) groups excluding carboxylic acids is 1. The first-order valence-electron chi connectivity index (χ1n) is 7.63. The van der Waals surface area contributed by atoms with E-state index in [-0.39, 0.29) is 11.6 Å². The van der Waals surface area contributed by atoms with Crippen LogP contribution in [0, 0.1) is 12.7 Å². The molecule has 0 saturated heterocycles. The predicted molar refractivity (Wildman–Crippen MR) is 89.3 cm³/mol. The normalized spacial score (nSPS) is 10.4. The van der Waals surface area contributed by atoms with Gasteiger partial charge in [0.1, 0.15) is 11.5 Å². The molecule has 0 unspecified atom stereocenters. The zero-order valence-corrected chi connectivity index (χ0v) is 13.6. The van der Waals surface area contributed by atoms with Gasteiger partial charge in [0.05, 0.1) is 0 Å². The highest BCUT2D eigenvalue weighted by atomic mass is 19.1. The average Bonchev–Trinajstić information content (AvgIpc) is 2.52. The van der Waals surface area contributed by atoms with Crippen LogP contribution in [0.3, 0.4) is 0 Å². The third kappa shape index (κ3) is 4.74. The van der Waals surface area contributed by atoms with E-state index in [0.717, 1.165) is 19.4 Å². The van der Waals surface area contributed by atoms with Crippen molar-refractivity contribution in [2.24, 2.45) is 0 Å². The predicted octanol–water partition coefficient (Wildman–Crippen LogP) is 3.41. The highest BCUT2D eigenvalue weighted by Crippen LogP contribution is 2.13.